The summed E-state index contributed by atoms with van der Waals surface area (Å²) in [7, 11) is 1.92. The molecule has 2 heterocycles. The maximum atomic E-state index is 4.58. The molecule has 2 aliphatic rings. The van der Waals surface area contributed by atoms with Gasteiger partial charge < -0.3 is 20.0 Å². The van der Waals surface area contributed by atoms with Crippen LogP contribution < -0.4 is 10.2 Å². The third kappa shape index (κ3) is 6.23. The average Bonchev–Trinajstić information content (AvgIpc) is 2.71. The molecule has 1 unspecified atom stereocenters. The van der Waals surface area contributed by atoms with Gasteiger partial charge in [-0.05, 0) is 70.2 Å². The topological polar surface area (TPSA) is 34.1 Å². The number of benzene rings is 1. The Morgan fingerprint density at radius 2 is 1.86 bits per heavy atom. The van der Waals surface area contributed by atoms with Crippen LogP contribution >= 0.6 is 24.0 Å². The largest absolute Gasteiger partial charge is 0.368 e. The molecule has 1 aromatic rings. The fourth-order valence-electron chi connectivity index (χ4n) is 4.54. The van der Waals surface area contributed by atoms with Gasteiger partial charge in [-0.2, -0.15) is 0 Å². The van der Waals surface area contributed by atoms with Crippen molar-refractivity contribution in [3.05, 3.63) is 29.3 Å². The molecule has 0 saturated carbocycles. The fourth-order valence-corrected chi connectivity index (χ4v) is 4.54. The number of hydrogen-bond donors (Lipinski definition) is 1. The van der Waals surface area contributed by atoms with Crippen LogP contribution in [0.4, 0.5) is 5.69 Å². The van der Waals surface area contributed by atoms with Crippen LogP contribution in [-0.4, -0.2) is 74.7 Å². The van der Waals surface area contributed by atoms with Crippen molar-refractivity contribution in [2.45, 2.75) is 46.6 Å². The van der Waals surface area contributed by atoms with Crippen LogP contribution in [0.15, 0.2) is 23.2 Å². The predicted molar refractivity (Wildman–Crippen MR) is 136 cm³/mol. The third-order valence-electron chi connectivity index (χ3n) is 6.54. The number of nitrogens with zero attached hydrogens (tertiary/aromatic N) is 4. The first kappa shape index (κ1) is 24.3. The Kier molecular flexibility index (Phi) is 9.53. The number of hydrogen-bond acceptors (Lipinski definition) is 3. The number of guanidine groups is 1. The summed E-state index contributed by atoms with van der Waals surface area (Å²) in [5, 5.41) is 3.67. The van der Waals surface area contributed by atoms with Crippen LogP contribution in [0.25, 0.3) is 0 Å². The lowest BCUT2D eigenvalue weighted by Crippen LogP contribution is -2.54. The zero-order valence-corrected chi connectivity index (χ0v) is 21.3. The highest BCUT2D eigenvalue weighted by atomic mass is 127. The molecule has 0 spiro atoms. The number of rotatable bonds is 4. The van der Waals surface area contributed by atoms with Gasteiger partial charge in [-0.15, -0.1) is 24.0 Å². The number of halogens is 1. The molecule has 2 saturated heterocycles. The SMILES string of the molecule is CN=C(NCC1CCCN(C(C)C)C1)N1CCN(c2cccc(C)c2C)CC1.I. The molecule has 1 N–H and O–H groups in total. The Morgan fingerprint density at radius 1 is 1.14 bits per heavy atom. The second-order valence-corrected chi connectivity index (χ2v) is 8.72. The maximum absolute atomic E-state index is 4.58. The van der Waals surface area contributed by atoms with Gasteiger partial charge in [0.2, 0.25) is 0 Å². The van der Waals surface area contributed by atoms with E-state index in [4.69, 9.17) is 0 Å². The first-order chi connectivity index (χ1) is 13.5. The van der Waals surface area contributed by atoms with Crippen molar-refractivity contribution >= 4 is 35.6 Å². The van der Waals surface area contributed by atoms with Crippen LogP contribution in [-0.2, 0) is 0 Å². The third-order valence-corrected chi connectivity index (χ3v) is 6.54. The molecule has 3 rings (SSSR count). The van der Waals surface area contributed by atoms with Gasteiger partial charge in [-0.1, -0.05) is 12.1 Å². The highest BCUT2D eigenvalue weighted by molar-refractivity contribution is 14.0. The van der Waals surface area contributed by atoms with Crippen LogP contribution in [0.2, 0.25) is 0 Å². The molecule has 1 aromatic carbocycles. The molecule has 2 fully saturated rings. The first-order valence-corrected chi connectivity index (χ1v) is 11.0. The summed E-state index contributed by atoms with van der Waals surface area (Å²) in [6.07, 6.45) is 2.64. The van der Waals surface area contributed by atoms with E-state index in [1.54, 1.807) is 0 Å². The lowest BCUT2D eigenvalue weighted by Gasteiger charge is -2.39. The van der Waals surface area contributed by atoms with E-state index >= 15 is 0 Å². The quantitative estimate of drug-likeness (QED) is 0.378. The molecule has 0 bridgehead atoms. The molecule has 29 heavy (non-hydrogen) atoms. The minimum Gasteiger partial charge on any atom is -0.368 e. The molecular weight excluding hydrogens is 473 g/mol. The number of aryl methyl sites for hydroxylation is 1. The van der Waals surface area contributed by atoms with Gasteiger partial charge in [0.15, 0.2) is 5.96 Å². The van der Waals surface area contributed by atoms with Crippen LogP contribution in [0.5, 0.6) is 0 Å². The zero-order chi connectivity index (χ0) is 20.1. The lowest BCUT2D eigenvalue weighted by molar-refractivity contribution is 0.140. The molecule has 6 heteroatoms. The highest BCUT2D eigenvalue weighted by Crippen LogP contribution is 2.24. The Balaban J connectivity index is 0.00000300. The number of likely N-dealkylation sites (tertiary alicyclic amines) is 1. The van der Waals surface area contributed by atoms with Crippen LogP contribution in [0.1, 0.15) is 37.8 Å². The van der Waals surface area contributed by atoms with E-state index in [9.17, 15) is 0 Å². The molecular formula is C23H40IN5. The van der Waals surface area contributed by atoms with Crippen molar-refractivity contribution in [3.8, 4) is 0 Å². The zero-order valence-electron chi connectivity index (χ0n) is 18.9. The molecule has 5 nitrogen and oxygen atoms in total. The van der Waals surface area contributed by atoms with E-state index in [2.05, 4.69) is 70.9 Å². The van der Waals surface area contributed by atoms with Crippen molar-refractivity contribution < 1.29 is 0 Å². The van der Waals surface area contributed by atoms with Gasteiger partial charge in [-0.3, -0.25) is 4.99 Å². The van der Waals surface area contributed by atoms with Gasteiger partial charge in [0.1, 0.15) is 0 Å². The molecule has 0 aliphatic carbocycles. The monoisotopic (exact) mass is 513 g/mol. The predicted octanol–water partition coefficient (Wildman–Crippen LogP) is 3.74. The van der Waals surface area contributed by atoms with Gasteiger partial charge in [0.05, 0.1) is 0 Å². The average molecular weight is 514 g/mol. The molecule has 0 aromatic heterocycles. The summed E-state index contributed by atoms with van der Waals surface area (Å²) >= 11 is 0. The minimum absolute atomic E-state index is 0. The second-order valence-electron chi connectivity index (χ2n) is 8.72. The number of nitrogens with one attached hydrogen (secondary N) is 1. The van der Waals surface area contributed by atoms with Gasteiger partial charge in [-0.25, -0.2) is 0 Å². The number of anilines is 1. The second kappa shape index (κ2) is 11.4. The standard InChI is InChI=1S/C23H39N5.HI/c1-18(2)28-11-7-9-21(17-28)16-25-23(24-5)27-14-12-26(13-15-27)22-10-6-8-19(3)20(22)4;/h6,8,10,18,21H,7,9,11-17H2,1-5H3,(H,24,25);1H. The summed E-state index contributed by atoms with van der Waals surface area (Å²) in [6, 6.07) is 7.29. The Morgan fingerprint density at radius 3 is 2.52 bits per heavy atom. The van der Waals surface area contributed by atoms with Crippen molar-refractivity contribution in [2.24, 2.45) is 10.9 Å². The van der Waals surface area contributed by atoms with Crippen molar-refractivity contribution in [1.82, 2.24) is 15.1 Å². The van der Waals surface area contributed by atoms with E-state index in [0.29, 0.717) is 6.04 Å². The maximum Gasteiger partial charge on any atom is 0.193 e. The van der Waals surface area contributed by atoms with Gasteiger partial charge in [0.25, 0.3) is 0 Å². The van der Waals surface area contributed by atoms with Crippen molar-refractivity contribution in [1.29, 1.82) is 0 Å². The van der Waals surface area contributed by atoms with E-state index in [1.165, 1.54) is 42.7 Å². The summed E-state index contributed by atoms with van der Waals surface area (Å²) in [6.45, 7) is 16.7. The number of aliphatic imine (C=N–C) groups is 1. The molecule has 2 aliphatic heterocycles. The van der Waals surface area contributed by atoms with E-state index in [-0.39, 0.29) is 24.0 Å². The van der Waals surface area contributed by atoms with E-state index in [1.807, 2.05) is 7.05 Å². The van der Waals surface area contributed by atoms with Crippen LogP contribution in [0.3, 0.4) is 0 Å². The summed E-state index contributed by atoms with van der Waals surface area (Å²) in [4.78, 5) is 12.1. The molecule has 1 atom stereocenters. The summed E-state index contributed by atoms with van der Waals surface area (Å²) in [5.74, 6) is 1.80. The Labute approximate surface area is 194 Å². The van der Waals surface area contributed by atoms with E-state index < -0.39 is 0 Å². The minimum atomic E-state index is 0. The summed E-state index contributed by atoms with van der Waals surface area (Å²) < 4.78 is 0. The molecule has 0 radical (unpaired) electrons. The highest BCUT2D eigenvalue weighted by Gasteiger charge is 2.24. The number of piperidine rings is 1. The number of piperazine rings is 1. The van der Waals surface area contributed by atoms with Gasteiger partial charge >= 0.3 is 0 Å². The van der Waals surface area contributed by atoms with E-state index in [0.717, 1.165) is 44.6 Å². The molecule has 164 valence electrons. The first-order valence-electron chi connectivity index (χ1n) is 11.0. The normalized spacial score (nSPS) is 21.3. The summed E-state index contributed by atoms with van der Waals surface area (Å²) in [5.41, 5.74) is 4.17. The Bertz CT molecular complexity index is 667. The van der Waals surface area contributed by atoms with Crippen molar-refractivity contribution in [3.63, 3.8) is 0 Å². The smallest absolute Gasteiger partial charge is 0.193 e. The fraction of sp³-hybridized carbons (Fsp3) is 0.696. The van der Waals surface area contributed by atoms with Crippen molar-refractivity contribution in [2.75, 3.05) is 57.8 Å². The van der Waals surface area contributed by atoms with Crippen LogP contribution in [0, 0.1) is 19.8 Å². The molecule has 0 amide bonds. The van der Waals surface area contributed by atoms with Gasteiger partial charge in [0, 0.05) is 58.0 Å². The Hall–Kier alpha value is -1.02. The lowest BCUT2D eigenvalue weighted by atomic mass is 9.97.